The zero-order chi connectivity index (χ0) is 18.3. The number of nitrogens with zero attached hydrogens (tertiary/aromatic N) is 1. The maximum atomic E-state index is 12.7. The van der Waals surface area contributed by atoms with Crippen molar-refractivity contribution < 1.29 is 17.9 Å². The molecular weight excluding hydrogens is 340 g/mol. The zero-order valence-corrected chi connectivity index (χ0v) is 15.9. The molecule has 1 aliphatic rings. The molecule has 0 radical (unpaired) electrons. The summed E-state index contributed by atoms with van der Waals surface area (Å²) in [6.07, 6.45) is 3.76. The van der Waals surface area contributed by atoms with Crippen molar-refractivity contribution in [1.82, 2.24) is 9.62 Å². The SMILES string of the molecule is CCOCCCNS(=O)(=O)c1ccc(C)c(C(=O)N2CCCCC2)c1. The van der Waals surface area contributed by atoms with Gasteiger partial charge in [0.2, 0.25) is 10.0 Å². The van der Waals surface area contributed by atoms with Crippen LogP contribution in [0.2, 0.25) is 0 Å². The number of rotatable bonds is 8. The Hall–Kier alpha value is -1.44. The molecule has 0 spiro atoms. The van der Waals surface area contributed by atoms with Crippen LogP contribution in [0, 0.1) is 6.92 Å². The number of benzene rings is 1. The Bertz CT molecular complexity index is 682. The first-order valence-corrected chi connectivity index (χ1v) is 10.4. The number of aryl methyl sites for hydroxylation is 1. The second-order valence-electron chi connectivity index (χ2n) is 6.28. The zero-order valence-electron chi connectivity index (χ0n) is 15.1. The van der Waals surface area contributed by atoms with Crippen molar-refractivity contribution in [1.29, 1.82) is 0 Å². The molecule has 0 bridgehead atoms. The smallest absolute Gasteiger partial charge is 0.254 e. The van der Waals surface area contributed by atoms with Gasteiger partial charge < -0.3 is 9.64 Å². The molecule has 1 N–H and O–H groups in total. The lowest BCUT2D eigenvalue weighted by molar-refractivity contribution is 0.0723. The van der Waals surface area contributed by atoms with E-state index >= 15 is 0 Å². The molecule has 0 saturated carbocycles. The van der Waals surface area contributed by atoms with Gasteiger partial charge in [0, 0.05) is 38.4 Å². The van der Waals surface area contributed by atoms with E-state index in [9.17, 15) is 13.2 Å². The topological polar surface area (TPSA) is 75.7 Å². The number of sulfonamides is 1. The predicted molar refractivity (Wildman–Crippen MR) is 97.2 cm³/mol. The largest absolute Gasteiger partial charge is 0.382 e. The molecule has 0 aliphatic carbocycles. The molecule has 0 aromatic heterocycles. The van der Waals surface area contributed by atoms with Crippen molar-refractivity contribution in [2.75, 3.05) is 32.8 Å². The average Bonchev–Trinajstić information content (AvgIpc) is 2.62. The molecule has 1 saturated heterocycles. The fourth-order valence-corrected chi connectivity index (χ4v) is 3.97. The van der Waals surface area contributed by atoms with E-state index in [1.807, 2.05) is 18.7 Å². The van der Waals surface area contributed by atoms with Gasteiger partial charge in [0.05, 0.1) is 4.90 Å². The maximum Gasteiger partial charge on any atom is 0.254 e. The molecule has 0 unspecified atom stereocenters. The number of carbonyl (C=O) groups is 1. The third kappa shape index (κ3) is 5.52. The highest BCUT2D eigenvalue weighted by atomic mass is 32.2. The number of carbonyl (C=O) groups excluding carboxylic acids is 1. The molecule has 1 amide bonds. The second-order valence-corrected chi connectivity index (χ2v) is 8.04. The normalized spacial score (nSPS) is 15.4. The third-order valence-corrected chi connectivity index (χ3v) is 5.81. The number of likely N-dealkylation sites (tertiary alicyclic amines) is 1. The van der Waals surface area contributed by atoms with Crippen LogP contribution < -0.4 is 4.72 Å². The minimum absolute atomic E-state index is 0.0782. The van der Waals surface area contributed by atoms with Crippen molar-refractivity contribution in [2.45, 2.75) is 44.4 Å². The average molecular weight is 368 g/mol. The minimum Gasteiger partial charge on any atom is -0.382 e. The van der Waals surface area contributed by atoms with E-state index in [-0.39, 0.29) is 10.8 Å². The molecule has 140 valence electrons. The van der Waals surface area contributed by atoms with Crippen molar-refractivity contribution in [3.8, 4) is 0 Å². The number of amides is 1. The van der Waals surface area contributed by atoms with Gasteiger partial charge in [-0.3, -0.25) is 4.79 Å². The van der Waals surface area contributed by atoms with Crippen molar-refractivity contribution >= 4 is 15.9 Å². The summed E-state index contributed by atoms with van der Waals surface area (Å²) in [5.74, 6) is -0.0782. The molecule has 2 rings (SSSR count). The highest BCUT2D eigenvalue weighted by molar-refractivity contribution is 7.89. The van der Waals surface area contributed by atoms with Crippen LogP contribution in [-0.2, 0) is 14.8 Å². The Balaban J connectivity index is 2.10. The standard InChI is InChI=1S/C18H28N2O4S/c1-3-24-13-7-10-19-25(22,23)16-9-8-15(2)17(14-16)18(21)20-11-5-4-6-12-20/h8-9,14,19H,3-7,10-13H2,1-2H3. The molecule has 1 aromatic rings. The van der Waals surface area contributed by atoms with Crippen LogP contribution in [0.3, 0.4) is 0 Å². The molecule has 6 nitrogen and oxygen atoms in total. The van der Waals surface area contributed by atoms with Crippen LogP contribution in [0.4, 0.5) is 0 Å². The molecule has 25 heavy (non-hydrogen) atoms. The minimum atomic E-state index is -3.63. The quantitative estimate of drug-likeness (QED) is 0.715. The first-order chi connectivity index (χ1) is 12.0. The summed E-state index contributed by atoms with van der Waals surface area (Å²) in [6.45, 7) is 6.67. The Morgan fingerprint density at radius 3 is 2.64 bits per heavy atom. The Kier molecular flexibility index (Phi) is 7.40. The Morgan fingerprint density at radius 1 is 1.24 bits per heavy atom. The van der Waals surface area contributed by atoms with Gasteiger partial charge in [0.1, 0.15) is 0 Å². The highest BCUT2D eigenvalue weighted by Gasteiger charge is 2.22. The van der Waals surface area contributed by atoms with Gasteiger partial charge >= 0.3 is 0 Å². The van der Waals surface area contributed by atoms with Gasteiger partial charge in [-0.15, -0.1) is 0 Å². The summed E-state index contributed by atoms with van der Waals surface area (Å²) in [7, 11) is -3.63. The number of hydrogen-bond acceptors (Lipinski definition) is 4. The molecule has 1 aromatic carbocycles. The number of piperidine rings is 1. The number of nitrogens with one attached hydrogen (secondary N) is 1. The van der Waals surface area contributed by atoms with Crippen LogP contribution in [0.1, 0.15) is 48.5 Å². The molecule has 1 aliphatic heterocycles. The first kappa shape index (κ1) is 19.9. The van der Waals surface area contributed by atoms with E-state index in [1.165, 1.54) is 6.07 Å². The van der Waals surface area contributed by atoms with Gasteiger partial charge in [-0.25, -0.2) is 13.1 Å². The molecule has 1 fully saturated rings. The lowest BCUT2D eigenvalue weighted by atomic mass is 10.1. The molecule has 7 heteroatoms. The monoisotopic (exact) mass is 368 g/mol. The van der Waals surface area contributed by atoms with Crippen molar-refractivity contribution in [3.63, 3.8) is 0 Å². The maximum absolute atomic E-state index is 12.7. The van der Waals surface area contributed by atoms with Gasteiger partial charge in [0.15, 0.2) is 0 Å². The van der Waals surface area contributed by atoms with E-state index in [1.54, 1.807) is 12.1 Å². The molecular formula is C18H28N2O4S. The number of hydrogen-bond donors (Lipinski definition) is 1. The first-order valence-electron chi connectivity index (χ1n) is 8.93. The van der Waals surface area contributed by atoms with Crippen LogP contribution in [0.15, 0.2) is 23.1 Å². The van der Waals surface area contributed by atoms with Crippen LogP contribution in [0.25, 0.3) is 0 Å². The highest BCUT2D eigenvalue weighted by Crippen LogP contribution is 2.19. The van der Waals surface area contributed by atoms with Gasteiger partial charge in [-0.2, -0.15) is 0 Å². The van der Waals surface area contributed by atoms with Gasteiger partial charge in [0.25, 0.3) is 5.91 Å². The summed E-state index contributed by atoms with van der Waals surface area (Å²) < 4.78 is 32.7. The lowest BCUT2D eigenvalue weighted by Gasteiger charge is -2.27. The van der Waals surface area contributed by atoms with Crippen molar-refractivity contribution in [2.24, 2.45) is 0 Å². The fraction of sp³-hybridized carbons (Fsp3) is 0.611. The van der Waals surface area contributed by atoms with E-state index in [0.29, 0.717) is 31.7 Å². The van der Waals surface area contributed by atoms with E-state index < -0.39 is 10.0 Å². The Labute approximate surface area is 150 Å². The van der Waals surface area contributed by atoms with E-state index in [2.05, 4.69) is 4.72 Å². The predicted octanol–water partition coefficient (Wildman–Crippen LogP) is 2.33. The Morgan fingerprint density at radius 2 is 1.96 bits per heavy atom. The van der Waals surface area contributed by atoms with Crippen molar-refractivity contribution in [3.05, 3.63) is 29.3 Å². The number of ether oxygens (including phenoxy) is 1. The van der Waals surface area contributed by atoms with Gasteiger partial charge in [-0.05, 0) is 57.2 Å². The summed E-state index contributed by atoms with van der Waals surface area (Å²) >= 11 is 0. The molecule has 1 heterocycles. The lowest BCUT2D eigenvalue weighted by Crippen LogP contribution is -2.36. The molecule has 0 atom stereocenters. The fourth-order valence-electron chi connectivity index (χ4n) is 2.87. The van der Waals surface area contributed by atoms with E-state index in [4.69, 9.17) is 4.74 Å². The van der Waals surface area contributed by atoms with Crippen LogP contribution in [0.5, 0.6) is 0 Å². The summed E-state index contributed by atoms with van der Waals surface area (Å²) in [5, 5.41) is 0. The van der Waals surface area contributed by atoms with Crippen LogP contribution in [-0.4, -0.2) is 52.1 Å². The third-order valence-electron chi connectivity index (χ3n) is 4.35. The van der Waals surface area contributed by atoms with E-state index in [0.717, 1.165) is 37.9 Å². The van der Waals surface area contributed by atoms with Gasteiger partial charge in [-0.1, -0.05) is 6.07 Å². The summed E-state index contributed by atoms with van der Waals surface area (Å²) in [6, 6.07) is 4.75. The van der Waals surface area contributed by atoms with Crippen LogP contribution >= 0.6 is 0 Å². The summed E-state index contributed by atoms with van der Waals surface area (Å²) in [4.78, 5) is 14.7. The second kappa shape index (κ2) is 9.31. The summed E-state index contributed by atoms with van der Waals surface area (Å²) in [5.41, 5.74) is 1.27.